The van der Waals surface area contributed by atoms with Gasteiger partial charge in [0.15, 0.2) is 5.71 Å². The molecule has 5 nitrogen and oxygen atoms in total. The third-order valence-electron chi connectivity index (χ3n) is 1.59. The number of ether oxygens (including phenoxy) is 2. The molecule has 1 rings (SSSR count). The van der Waals surface area contributed by atoms with Gasteiger partial charge in [-0.25, -0.2) is 14.0 Å². The second kappa shape index (κ2) is 5.35. The third kappa shape index (κ3) is 2.69. The molecule has 0 amide bonds. The lowest BCUT2D eigenvalue weighted by atomic mass is 10.1. The maximum absolute atomic E-state index is 11.3. The number of carbonyl (C=O) groups is 2. The third-order valence-corrected chi connectivity index (χ3v) is 2.15. The number of carbonyl (C=O) groups excluding carboxylic acids is 2. The Morgan fingerprint density at radius 1 is 1.27 bits per heavy atom. The van der Waals surface area contributed by atoms with Crippen LogP contribution < -0.4 is 0 Å². The number of hydrogen-bond donors (Lipinski definition) is 0. The van der Waals surface area contributed by atoms with Gasteiger partial charge in [0.05, 0.1) is 19.8 Å². The van der Waals surface area contributed by atoms with Crippen LogP contribution in [-0.4, -0.2) is 31.9 Å². The minimum Gasteiger partial charge on any atom is -0.465 e. The average molecular weight is 227 g/mol. The van der Waals surface area contributed by atoms with Crippen molar-refractivity contribution in [2.45, 2.75) is 0 Å². The summed E-state index contributed by atoms with van der Waals surface area (Å²) in [5.74, 6) is -1.28. The summed E-state index contributed by atoms with van der Waals surface area (Å²) >= 11 is 1.05. The van der Waals surface area contributed by atoms with E-state index in [9.17, 15) is 9.59 Å². The molecule has 0 atom stereocenters. The van der Waals surface area contributed by atoms with Gasteiger partial charge in [0.25, 0.3) is 0 Å². The number of rotatable bonds is 2. The van der Waals surface area contributed by atoms with E-state index in [2.05, 4.69) is 13.9 Å². The van der Waals surface area contributed by atoms with E-state index < -0.39 is 11.9 Å². The zero-order valence-electron chi connectivity index (χ0n) is 8.22. The van der Waals surface area contributed by atoms with Gasteiger partial charge in [-0.3, -0.25) is 0 Å². The molecule has 1 heterocycles. The zero-order chi connectivity index (χ0) is 11.3. The van der Waals surface area contributed by atoms with Gasteiger partial charge in [-0.05, 0) is 11.5 Å². The van der Waals surface area contributed by atoms with Gasteiger partial charge in [0.1, 0.15) is 0 Å². The van der Waals surface area contributed by atoms with Crippen molar-refractivity contribution in [1.82, 2.24) is 0 Å². The molecule has 0 aromatic heterocycles. The van der Waals surface area contributed by atoms with Gasteiger partial charge in [-0.1, -0.05) is 6.08 Å². The average Bonchev–Trinajstić information content (AvgIpc) is 2.52. The van der Waals surface area contributed by atoms with Gasteiger partial charge in [-0.15, -0.1) is 0 Å². The van der Waals surface area contributed by atoms with Gasteiger partial charge in [0, 0.05) is 11.9 Å². The first-order valence-corrected chi connectivity index (χ1v) is 4.82. The van der Waals surface area contributed by atoms with Crippen molar-refractivity contribution in [2.75, 3.05) is 14.2 Å². The van der Waals surface area contributed by atoms with Crippen LogP contribution in [0.2, 0.25) is 0 Å². The predicted molar refractivity (Wildman–Crippen MR) is 56.3 cm³/mol. The highest BCUT2D eigenvalue weighted by Crippen LogP contribution is 2.15. The molecule has 0 aromatic carbocycles. The number of allylic oxidation sites excluding steroid dienone is 2. The van der Waals surface area contributed by atoms with Crippen molar-refractivity contribution in [3.63, 3.8) is 0 Å². The molecule has 0 aliphatic carbocycles. The van der Waals surface area contributed by atoms with Gasteiger partial charge in [0.2, 0.25) is 0 Å². The number of methoxy groups -OCH3 is 2. The highest BCUT2D eigenvalue weighted by Gasteiger charge is 2.24. The molecule has 0 spiro atoms. The van der Waals surface area contributed by atoms with Crippen LogP contribution in [0.25, 0.3) is 0 Å². The monoisotopic (exact) mass is 227 g/mol. The van der Waals surface area contributed by atoms with Crippen molar-refractivity contribution < 1.29 is 19.1 Å². The molecule has 0 unspecified atom stereocenters. The SMILES string of the molecule is COC(=O)C1=CC=CSN=C1C(=O)OC. The summed E-state index contributed by atoms with van der Waals surface area (Å²) in [4.78, 5) is 22.6. The molecule has 6 heteroatoms. The second-order valence-electron chi connectivity index (χ2n) is 2.44. The summed E-state index contributed by atoms with van der Waals surface area (Å²) in [5.41, 5.74) is 0.0463. The largest absolute Gasteiger partial charge is 0.465 e. The maximum atomic E-state index is 11.3. The fraction of sp³-hybridized carbons (Fsp3) is 0.222. The van der Waals surface area contributed by atoms with Crippen molar-refractivity contribution in [3.8, 4) is 0 Å². The zero-order valence-corrected chi connectivity index (χ0v) is 9.04. The van der Waals surface area contributed by atoms with Crippen LogP contribution >= 0.6 is 11.9 Å². The molecule has 0 saturated carbocycles. The first kappa shape index (κ1) is 11.5. The van der Waals surface area contributed by atoms with Gasteiger partial charge in [-0.2, -0.15) is 0 Å². The van der Waals surface area contributed by atoms with Gasteiger partial charge < -0.3 is 9.47 Å². The van der Waals surface area contributed by atoms with E-state index in [1.807, 2.05) is 0 Å². The van der Waals surface area contributed by atoms with E-state index in [0.717, 1.165) is 11.9 Å². The van der Waals surface area contributed by atoms with E-state index in [1.165, 1.54) is 20.3 Å². The Bertz CT molecular complexity index is 370. The second-order valence-corrected chi connectivity index (χ2v) is 3.10. The van der Waals surface area contributed by atoms with Crippen molar-refractivity contribution in [2.24, 2.45) is 4.40 Å². The first-order valence-electron chi connectivity index (χ1n) is 3.98. The molecule has 0 fully saturated rings. The van der Waals surface area contributed by atoms with E-state index in [0.29, 0.717) is 0 Å². The summed E-state index contributed by atoms with van der Waals surface area (Å²) in [7, 11) is 2.46. The topological polar surface area (TPSA) is 65.0 Å². The van der Waals surface area contributed by atoms with Crippen molar-refractivity contribution in [1.29, 1.82) is 0 Å². The lowest BCUT2D eigenvalue weighted by Crippen LogP contribution is -2.23. The highest BCUT2D eigenvalue weighted by molar-refractivity contribution is 8.01. The minimum atomic E-state index is -0.664. The molecule has 0 aromatic rings. The molecule has 15 heavy (non-hydrogen) atoms. The summed E-state index contributed by atoms with van der Waals surface area (Å²) in [5, 5.41) is 1.64. The van der Waals surface area contributed by atoms with Crippen molar-refractivity contribution >= 4 is 29.6 Å². The van der Waals surface area contributed by atoms with E-state index >= 15 is 0 Å². The fourth-order valence-electron chi connectivity index (χ4n) is 0.900. The van der Waals surface area contributed by atoms with Crippen LogP contribution in [0.4, 0.5) is 0 Å². The summed E-state index contributed by atoms with van der Waals surface area (Å²) in [6.45, 7) is 0. The summed E-state index contributed by atoms with van der Waals surface area (Å²) in [6.07, 6.45) is 3.07. The first-order chi connectivity index (χ1) is 7.20. The van der Waals surface area contributed by atoms with Crippen LogP contribution in [0.3, 0.4) is 0 Å². The Hall–Kier alpha value is -1.56. The molecular formula is C9H9NO4S. The van der Waals surface area contributed by atoms with Crippen LogP contribution in [0.15, 0.2) is 27.5 Å². The van der Waals surface area contributed by atoms with E-state index in [-0.39, 0.29) is 11.3 Å². The highest BCUT2D eigenvalue weighted by atomic mass is 32.2. The summed E-state index contributed by atoms with van der Waals surface area (Å²) in [6, 6.07) is 0. The molecule has 80 valence electrons. The molecule has 0 radical (unpaired) electrons. The standard InChI is InChI=1S/C9H9NO4S/c1-13-8(11)6-4-3-5-15-10-7(6)9(12)14-2/h3-5H,1-2H3. The fourth-order valence-corrected chi connectivity index (χ4v) is 1.39. The van der Waals surface area contributed by atoms with Crippen LogP contribution in [0.1, 0.15) is 0 Å². The van der Waals surface area contributed by atoms with Crippen molar-refractivity contribution in [3.05, 3.63) is 23.1 Å². The van der Waals surface area contributed by atoms with E-state index in [4.69, 9.17) is 0 Å². The lowest BCUT2D eigenvalue weighted by molar-refractivity contribution is -0.137. The van der Waals surface area contributed by atoms with Gasteiger partial charge >= 0.3 is 11.9 Å². The summed E-state index contributed by atoms with van der Waals surface area (Å²) < 4.78 is 12.9. The Labute approximate surface area is 91.0 Å². The normalized spacial score (nSPS) is 14.8. The predicted octanol–water partition coefficient (Wildman–Crippen LogP) is 0.875. The Morgan fingerprint density at radius 2 is 1.93 bits per heavy atom. The molecular weight excluding hydrogens is 218 g/mol. The van der Waals surface area contributed by atoms with Crippen LogP contribution in [-0.2, 0) is 19.1 Å². The van der Waals surface area contributed by atoms with Crippen LogP contribution in [0, 0.1) is 0 Å². The maximum Gasteiger partial charge on any atom is 0.358 e. The molecule has 0 bridgehead atoms. The van der Waals surface area contributed by atoms with E-state index in [1.54, 1.807) is 11.5 Å². The molecule has 0 N–H and O–H groups in total. The Morgan fingerprint density at radius 3 is 2.53 bits per heavy atom. The number of hydrogen-bond acceptors (Lipinski definition) is 6. The lowest BCUT2D eigenvalue weighted by Gasteiger charge is -2.04. The van der Waals surface area contributed by atoms with Crippen LogP contribution in [0.5, 0.6) is 0 Å². The smallest absolute Gasteiger partial charge is 0.358 e. The molecule has 1 aliphatic heterocycles. The number of nitrogens with zero attached hydrogens (tertiary/aromatic N) is 1. The minimum absolute atomic E-state index is 0.0423. The Kier molecular flexibility index (Phi) is 4.11. The number of esters is 2. The Balaban J connectivity index is 3.06. The molecule has 0 saturated heterocycles. The molecule has 1 aliphatic rings. The quantitative estimate of drug-likeness (QED) is 0.517.